The molecule has 1 aliphatic heterocycles. The molecular weight excluding hydrogens is 204 g/mol. The minimum atomic E-state index is -0.123. The molecule has 6 heteroatoms. The first-order valence-electron chi connectivity index (χ1n) is 4.20. The zero-order valence-corrected chi connectivity index (χ0v) is 8.11. The second-order valence-corrected chi connectivity index (χ2v) is 3.61. The Bertz CT molecular complexity index is 353. The maximum Gasteiger partial charge on any atom is 0.232 e. The molecule has 1 saturated heterocycles. The van der Waals surface area contributed by atoms with Crippen LogP contribution in [0.25, 0.3) is 0 Å². The lowest BCUT2D eigenvalue weighted by Gasteiger charge is -2.12. The molecule has 14 heavy (non-hydrogen) atoms. The number of rotatable bonds is 1. The van der Waals surface area contributed by atoms with Crippen LogP contribution in [0.4, 0.5) is 5.95 Å². The SMILES string of the molecule is NC1CC(=O)N(c2ncc(Cl)cn2)C1. The number of amides is 1. The summed E-state index contributed by atoms with van der Waals surface area (Å²) in [5.41, 5.74) is 5.64. The molecule has 2 N–H and O–H groups in total. The average molecular weight is 213 g/mol. The van der Waals surface area contributed by atoms with Crippen LogP contribution in [0, 0.1) is 0 Å². The number of hydrogen-bond donors (Lipinski definition) is 1. The van der Waals surface area contributed by atoms with Gasteiger partial charge >= 0.3 is 0 Å². The van der Waals surface area contributed by atoms with Crippen LogP contribution in [0.15, 0.2) is 12.4 Å². The van der Waals surface area contributed by atoms with Crippen molar-refractivity contribution in [3.63, 3.8) is 0 Å². The topological polar surface area (TPSA) is 72.1 Å². The van der Waals surface area contributed by atoms with Gasteiger partial charge in [0.1, 0.15) is 0 Å². The molecule has 0 aromatic carbocycles. The number of carbonyl (C=O) groups excluding carboxylic acids is 1. The molecule has 5 nitrogen and oxygen atoms in total. The Morgan fingerprint density at radius 2 is 2.14 bits per heavy atom. The Morgan fingerprint density at radius 3 is 2.64 bits per heavy atom. The highest BCUT2D eigenvalue weighted by Crippen LogP contribution is 2.16. The molecule has 1 unspecified atom stereocenters. The fourth-order valence-corrected chi connectivity index (χ4v) is 1.47. The van der Waals surface area contributed by atoms with E-state index in [0.29, 0.717) is 23.9 Å². The van der Waals surface area contributed by atoms with Gasteiger partial charge in [0.15, 0.2) is 0 Å². The van der Waals surface area contributed by atoms with E-state index in [4.69, 9.17) is 17.3 Å². The Balaban J connectivity index is 2.23. The number of carbonyl (C=O) groups is 1. The quantitative estimate of drug-likeness (QED) is 0.722. The van der Waals surface area contributed by atoms with Gasteiger partial charge < -0.3 is 5.73 Å². The summed E-state index contributed by atoms with van der Waals surface area (Å²) >= 11 is 5.63. The molecule has 0 bridgehead atoms. The van der Waals surface area contributed by atoms with Crippen LogP contribution >= 0.6 is 11.6 Å². The van der Waals surface area contributed by atoms with E-state index in [-0.39, 0.29) is 11.9 Å². The van der Waals surface area contributed by atoms with Crippen molar-refractivity contribution in [1.82, 2.24) is 9.97 Å². The Labute approximate surface area is 85.9 Å². The van der Waals surface area contributed by atoms with Crippen molar-refractivity contribution in [1.29, 1.82) is 0 Å². The van der Waals surface area contributed by atoms with Crippen molar-refractivity contribution in [2.24, 2.45) is 5.73 Å². The molecule has 1 atom stereocenters. The van der Waals surface area contributed by atoms with Gasteiger partial charge in [-0.05, 0) is 0 Å². The zero-order valence-electron chi connectivity index (χ0n) is 7.35. The summed E-state index contributed by atoms with van der Waals surface area (Å²) in [5.74, 6) is 0.326. The molecule has 0 spiro atoms. The summed E-state index contributed by atoms with van der Waals surface area (Å²) in [6.07, 6.45) is 3.27. The van der Waals surface area contributed by atoms with E-state index in [2.05, 4.69) is 9.97 Å². The summed E-state index contributed by atoms with van der Waals surface area (Å²) in [4.78, 5) is 20.8. The number of anilines is 1. The van der Waals surface area contributed by atoms with Crippen LogP contribution in [0.2, 0.25) is 5.02 Å². The maximum atomic E-state index is 11.4. The van der Waals surface area contributed by atoms with Gasteiger partial charge in [0.2, 0.25) is 11.9 Å². The number of halogens is 1. The van der Waals surface area contributed by atoms with Crippen LogP contribution in [0.1, 0.15) is 6.42 Å². The third kappa shape index (κ3) is 1.69. The minimum Gasteiger partial charge on any atom is -0.326 e. The lowest BCUT2D eigenvalue weighted by atomic mass is 10.3. The van der Waals surface area contributed by atoms with Gasteiger partial charge in [-0.25, -0.2) is 9.97 Å². The van der Waals surface area contributed by atoms with Crippen LogP contribution in [-0.2, 0) is 4.79 Å². The van der Waals surface area contributed by atoms with Gasteiger partial charge in [0.25, 0.3) is 0 Å². The highest BCUT2D eigenvalue weighted by Gasteiger charge is 2.29. The molecule has 1 aliphatic rings. The van der Waals surface area contributed by atoms with Crippen molar-refractivity contribution < 1.29 is 4.79 Å². The van der Waals surface area contributed by atoms with Crippen LogP contribution in [-0.4, -0.2) is 28.5 Å². The van der Waals surface area contributed by atoms with Crippen LogP contribution in [0.3, 0.4) is 0 Å². The molecule has 0 radical (unpaired) electrons. The second kappa shape index (κ2) is 3.51. The molecule has 2 heterocycles. The molecule has 1 aromatic heterocycles. The normalized spacial score (nSPS) is 21.7. The second-order valence-electron chi connectivity index (χ2n) is 3.17. The summed E-state index contributed by atoms with van der Waals surface area (Å²) in [6, 6.07) is -0.123. The van der Waals surface area contributed by atoms with Gasteiger partial charge in [0.05, 0.1) is 17.4 Å². The largest absolute Gasteiger partial charge is 0.326 e. The summed E-state index contributed by atoms with van der Waals surface area (Å²) in [5, 5.41) is 0.449. The molecule has 1 aromatic rings. The van der Waals surface area contributed by atoms with E-state index in [9.17, 15) is 4.79 Å². The first-order valence-corrected chi connectivity index (χ1v) is 4.58. The van der Waals surface area contributed by atoms with Crippen molar-refractivity contribution in [2.45, 2.75) is 12.5 Å². The zero-order chi connectivity index (χ0) is 10.1. The van der Waals surface area contributed by atoms with E-state index in [1.165, 1.54) is 17.3 Å². The lowest BCUT2D eigenvalue weighted by Crippen LogP contribution is -2.29. The monoisotopic (exact) mass is 212 g/mol. The fourth-order valence-electron chi connectivity index (χ4n) is 1.37. The summed E-state index contributed by atoms with van der Waals surface area (Å²) in [6.45, 7) is 0.473. The highest BCUT2D eigenvalue weighted by atomic mass is 35.5. The standard InChI is InChI=1S/C8H9ClN4O/c9-5-2-11-8(12-3-5)13-4-6(10)1-7(13)14/h2-3,6H,1,4,10H2. The molecule has 74 valence electrons. The van der Waals surface area contributed by atoms with Gasteiger partial charge in [-0.15, -0.1) is 0 Å². The van der Waals surface area contributed by atoms with Crippen molar-refractivity contribution >= 4 is 23.5 Å². The van der Waals surface area contributed by atoms with E-state index in [1.807, 2.05) is 0 Å². The van der Waals surface area contributed by atoms with Crippen LogP contribution in [0.5, 0.6) is 0 Å². The Morgan fingerprint density at radius 1 is 1.50 bits per heavy atom. The predicted octanol–water partition coefficient (Wildman–Crippen LogP) is 0.194. The number of aromatic nitrogens is 2. The van der Waals surface area contributed by atoms with E-state index in [1.54, 1.807) is 0 Å². The number of nitrogens with two attached hydrogens (primary N) is 1. The molecule has 0 aliphatic carbocycles. The van der Waals surface area contributed by atoms with Crippen LogP contribution < -0.4 is 10.6 Å². The third-order valence-corrected chi connectivity index (χ3v) is 2.20. The highest BCUT2D eigenvalue weighted by molar-refractivity contribution is 6.30. The predicted molar refractivity (Wildman–Crippen MR) is 52.0 cm³/mol. The molecule has 2 rings (SSSR count). The molecule has 1 amide bonds. The van der Waals surface area contributed by atoms with Gasteiger partial charge in [0, 0.05) is 19.0 Å². The summed E-state index contributed by atoms with van der Waals surface area (Å²) in [7, 11) is 0. The van der Waals surface area contributed by atoms with Crippen molar-refractivity contribution in [3.05, 3.63) is 17.4 Å². The first-order chi connectivity index (χ1) is 6.66. The van der Waals surface area contributed by atoms with Gasteiger partial charge in [-0.1, -0.05) is 11.6 Å². The van der Waals surface area contributed by atoms with Gasteiger partial charge in [-0.3, -0.25) is 9.69 Å². The van der Waals surface area contributed by atoms with E-state index in [0.717, 1.165) is 0 Å². The third-order valence-electron chi connectivity index (χ3n) is 2.00. The first kappa shape index (κ1) is 9.36. The lowest BCUT2D eigenvalue weighted by molar-refractivity contribution is -0.117. The van der Waals surface area contributed by atoms with E-state index < -0.39 is 0 Å². The Kier molecular flexibility index (Phi) is 2.35. The average Bonchev–Trinajstić information content (AvgIpc) is 2.47. The summed E-state index contributed by atoms with van der Waals surface area (Å²) < 4.78 is 0. The minimum absolute atomic E-state index is 0.0418. The van der Waals surface area contributed by atoms with Crippen molar-refractivity contribution in [3.8, 4) is 0 Å². The fraction of sp³-hybridized carbons (Fsp3) is 0.375. The van der Waals surface area contributed by atoms with Crippen molar-refractivity contribution in [2.75, 3.05) is 11.4 Å². The Hall–Kier alpha value is -1.20. The van der Waals surface area contributed by atoms with Gasteiger partial charge in [-0.2, -0.15) is 0 Å². The maximum absolute atomic E-state index is 11.4. The molecule has 0 saturated carbocycles. The van der Waals surface area contributed by atoms with E-state index >= 15 is 0 Å². The number of hydrogen-bond acceptors (Lipinski definition) is 4. The molecule has 1 fully saturated rings. The smallest absolute Gasteiger partial charge is 0.232 e. The number of nitrogens with zero attached hydrogens (tertiary/aromatic N) is 3. The molecular formula is C8H9ClN4O.